The summed E-state index contributed by atoms with van der Waals surface area (Å²) in [5, 5.41) is 9.67. The highest BCUT2D eigenvalue weighted by Gasteiger charge is 2.47. The molecule has 1 N–H and O–H groups in total. The topological polar surface area (TPSA) is 155 Å². The van der Waals surface area contributed by atoms with E-state index >= 15 is 0 Å². The summed E-state index contributed by atoms with van der Waals surface area (Å²) < 4.78 is 27.1. The molecular formula is C36H45NO11. The number of nitrogens with zero attached hydrogens (tertiary/aromatic N) is 1. The number of allylic oxidation sites excluding steroid dienone is 1. The summed E-state index contributed by atoms with van der Waals surface area (Å²) in [5.41, 5.74) is 2.29. The Morgan fingerprint density at radius 2 is 1.79 bits per heavy atom. The van der Waals surface area contributed by atoms with Crippen LogP contribution in [0.1, 0.15) is 50.3 Å². The quantitative estimate of drug-likeness (QED) is 0.132. The molecule has 0 aliphatic carbocycles. The molecule has 2 amide bonds. The number of carbonyl (C=O) groups is 5. The number of Topliss-reactive ketones (excluding diaryl/α,β-unsaturated/α-hetero) is 1. The molecule has 0 aromatic heterocycles. The first-order chi connectivity index (χ1) is 23.0. The van der Waals surface area contributed by atoms with Crippen LogP contribution in [0, 0.1) is 12.8 Å². The number of hydrogen-bond donors (Lipinski definition) is 1. The Bertz CT molecular complexity index is 1440. The average Bonchev–Trinajstić information content (AvgIpc) is 3.46. The maximum absolute atomic E-state index is 13.8. The van der Waals surface area contributed by atoms with E-state index < -0.39 is 48.1 Å². The summed E-state index contributed by atoms with van der Waals surface area (Å²) in [6.07, 6.45) is -3.56. The lowest BCUT2D eigenvalue weighted by molar-refractivity contribution is -0.166. The van der Waals surface area contributed by atoms with Crippen molar-refractivity contribution in [2.75, 3.05) is 33.5 Å². The number of ketones is 2. The van der Waals surface area contributed by atoms with Gasteiger partial charge in [-0.25, -0.2) is 9.69 Å². The average molecular weight is 668 g/mol. The van der Waals surface area contributed by atoms with Crippen molar-refractivity contribution in [3.8, 4) is 0 Å². The molecule has 0 spiro atoms. The van der Waals surface area contributed by atoms with E-state index in [-0.39, 0.29) is 50.1 Å². The second-order valence-electron chi connectivity index (χ2n) is 11.8. The molecule has 2 aromatic carbocycles. The molecule has 4 atom stereocenters. The lowest BCUT2D eigenvalue weighted by Gasteiger charge is -2.29. The maximum atomic E-state index is 13.8. The Morgan fingerprint density at radius 1 is 1.06 bits per heavy atom. The van der Waals surface area contributed by atoms with Gasteiger partial charge < -0.3 is 28.8 Å². The fraction of sp³-hybridized carbons (Fsp3) is 0.472. The lowest BCUT2D eigenvalue weighted by atomic mass is 9.94. The van der Waals surface area contributed by atoms with Gasteiger partial charge in [-0.2, -0.15) is 0 Å². The van der Waals surface area contributed by atoms with Gasteiger partial charge in [0.2, 0.25) is 0 Å². The molecule has 1 aliphatic heterocycles. The van der Waals surface area contributed by atoms with Crippen LogP contribution >= 0.6 is 0 Å². The molecule has 12 heteroatoms. The third kappa shape index (κ3) is 10.9. The predicted molar refractivity (Wildman–Crippen MR) is 174 cm³/mol. The van der Waals surface area contributed by atoms with Crippen LogP contribution in [0.15, 0.2) is 60.7 Å². The summed E-state index contributed by atoms with van der Waals surface area (Å²) in [7, 11) is 1.16. The molecule has 1 fully saturated rings. The second-order valence-corrected chi connectivity index (χ2v) is 11.8. The van der Waals surface area contributed by atoms with E-state index in [2.05, 4.69) is 0 Å². The number of benzene rings is 2. The molecular weight excluding hydrogens is 622 g/mol. The minimum absolute atomic E-state index is 0.00226. The number of esters is 1. The summed E-state index contributed by atoms with van der Waals surface area (Å²) in [5.74, 6) is -3.19. The highest BCUT2D eigenvalue weighted by Crippen LogP contribution is 2.25. The van der Waals surface area contributed by atoms with Crippen LogP contribution in [-0.2, 0) is 49.5 Å². The van der Waals surface area contributed by atoms with Crippen molar-refractivity contribution in [3.05, 3.63) is 77.4 Å². The third-order valence-corrected chi connectivity index (χ3v) is 7.70. The first-order valence-corrected chi connectivity index (χ1v) is 15.9. The number of rotatable bonds is 19. The van der Waals surface area contributed by atoms with E-state index in [4.69, 9.17) is 23.7 Å². The van der Waals surface area contributed by atoms with Crippen LogP contribution in [0.5, 0.6) is 0 Å². The molecule has 1 saturated heterocycles. The van der Waals surface area contributed by atoms with Crippen molar-refractivity contribution in [1.82, 2.24) is 4.90 Å². The van der Waals surface area contributed by atoms with E-state index in [1.165, 1.54) is 0 Å². The molecule has 0 saturated carbocycles. The van der Waals surface area contributed by atoms with E-state index in [1.807, 2.05) is 57.2 Å². The molecule has 48 heavy (non-hydrogen) atoms. The molecule has 0 radical (unpaired) electrons. The van der Waals surface area contributed by atoms with Crippen molar-refractivity contribution in [3.63, 3.8) is 0 Å². The Morgan fingerprint density at radius 3 is 2.42 bits per heavy atom. The zero-order valence-electron chi connectivity index (χ0n) is 28.1. The number of aliphatic hydroxyl groups is 1. The first kappa shape index (κ1) is 38.2. The normalized spacial score (nSPS) is 16.7. The second kappa shape index (κ2) is 18.9. The maximum Gasteiger partial charge on any atom is 0.417 e. The highest BCUT2D eigenvalue weighted by molar-refractivity contribution is 6.25. The van der Waals surface area contributed by atoms with Gasteiger partial charge in [0, 0.05) is 32.6 Å². The standard InChI is InChI=1S/C36H45NO11/c1-23(2)30-22-47-36(43)37(30)35(42)34(44-5)33(48-25(4)39)32(41)18-29(27-14-9-11-24(3)17-27)31(40)15-10-16-45-21-28(19-38)46-20-26-12-7-6-8-13-26/h6-9,11-14,17-18,23,28,30,33-34,38H,10,15-16,19-22H2,1-5H3/t28-,30+,33+,34-/m1/s1. The Kier molecular flexibility index (Phi) is 15.1. The molecule has 3 rings (SSSR count). The third-order valence-electron chi connectivity index (χ3n) is 7.70. The van der Waals surface area contributed by atoms with E-state index in [0.717, 1.165) is 36.1 Å². The molecule has 1 aliphatic rings. The van der Waals surface area contributed by atoms with E-state index in [1.54, 1.807) is 18.2 Å². The van der Waals surface area contributed by atoms with Crippen LogP contribution < -0.4 is 0 Å². The minimum atomic E-state index is -1.79. The van der Waals surface area contributed by atoms with Crippen molar-refractivity contribution in [2.45, 2.75) is 71.5 Å². The Balaban J connectivity index is 1.75. The molecule has 0 unspecified atom stereocenters. The monoisotopic (exact) mass is 667 g/mol. The van der Waals surface area contributed by atoms with Crippen LogP contribution in [0.4, 0.5) is 4.79 Å². The van der Waals surface area contributed by atoms with Gasteiger partial charge in [0.05, 0.1) is 25.9 Å². The summed E-state index contributed by atoms with van der Waals surface area (Å²) >= 11 is 0. The van der Waals surface area contributed by atoms with Crippen LogP contribution in [0.3, 0.4) is 0 Å². The number of aryl methyl sites for hydroxylation is 1. The number of imide groups is 1. The molecule has 12 nitrogen and oxygen atoms in total. The number of amides is 2. The van der Waals surface area contributed by atoms with Crippen molar-refractivity contribution < 1.29 is 52.8 Å². The minimum Gasteiger partial charge on any atom is -0.451 e. The molecule has 0 bridgehead atoms. The number of carbonyl (C=O) groups excluding carboxylic acids is 5. The van der Waals surface area contributed by atoms with Crippen molar-refractivity contribution in [1.29, 1.82) is 0 Å². The fourth-order valence-electron chi connectivity index (χ4n) is 5.11. The number of ether oxygens (including phenoxy) is 5. The van der Waals surface area contributed by atoms with Crippen LogP contribution in [0.2, 0.25) is 0 Å². The van der Waals surface area contributed by atoms with Crippen LogP contribution in [0.25, 0.3) is 5.57 Å². The fourth-order valence-corrected chi connectivity index (χ4v) is 5.11. The van der Waals surface area contributed by atoms with E-state index in [9.17, 15) is 29.1 Å². The largest absolute Gasteiger partial charge is 0.451 e. The van der Waals surface area contributed by atoms with Gasteiger partial charge in [-0.15, -0.1) is 0 Å². The van der Waals surface area contributed by atoms with Gasteiger partial charge in [0.15, 0.2) is 23.8 Å². The van der Waals surface area contributed by atoms with Gasteiger partial charge in [-0.1, -0.05) is 74.0 Å². The number of methoxy groups -OCH3 is 1. The zero-order valence-corrected chi connectivity index (χ0v) is 28.1. The number of hydrogen-bond acceptors (Lipinski definition) is 11. The van der Waals surface area contributed by atoms with E-state index in [0.29, 0.717) is 18.6 Å². The molecule has 260 valence electrons. The van der Waals surface area contributed by atoms with Gasteiger partial charge in [-0.3, -0.25) is 19.2 Å². The molecule has 1 heterocycles. The van der Waals surface area contributed by atoms with Crippen molar-refractivity contribution in [2.24, 2.45) is 5.92 Å². The van der Waals surface area contributed by atoms with Gasteiger partial charge in [0.25, 0.3) is 5.91 Å². The van der Waals surface area contributed by atoms with Gasteiger partial charge >= 0.3 is 12.1 Å². The summed E-state index contributed by atoms with van der Waals surface area (Å²) in [6, 6.07) is 15.9. The molecule has 2 aromatic rings. The lowest BCUT2D eigenvalue weighted by Crippen LogP contribution is -2.53. The SMILES string of the molecule is CO[C@@H](C(=O)N1C(=O)OC[C@H]1C(C)C)[C@@H](OC(C)=O)C(=O)C=C(C(=O)CCCOC[C@@H](CO)OCc1ccccc1)c1cccc(C)c1. The number of aliphatic hydroxyl groups excluding tert-OH is 1. The summed E-state index contributed by atoms with van der Waals surface area (Å²) in [6.45, 7) is 6.88. The smallest absolute Gasteiger partial charge is 0.417 e. The highest BCUT2D eigenvalue weighted by atomic mass is 16.6. The zero-order chi connectivity index (χ0) is 35.2. The Labute approximate surface area is 280 Å². The number of cyclic esters (lactones) is 1. The predicted octanol–water partition coefficient (Wildman–Crippen LogP) is 3.84. The Hall–Kier alpha value is -4.23. The van der Waals surface area contributed by atoms with Crippen molar-refractivity contribution >= 4 is 35.1 Å². The van der Waals surface area contributed by atoms with Gasteiger partial charge in [0.1, 0.15) is 12.7 Å². The summed E-state index contributed by atoms with van der Waals surface area (Å²) in [4.78, 5) is 66.4. The first-order valence-electron chi connectivity index (χ1n) is 15.9. The van der Waals surface area contributed by atoms with Gasteiger partial charge in [-0.05, 0) is 36.5 Å². The van der Waals surface area contributed by atoms with Crippen LogP contribution in [-0.4, -0.2) is 97.4 Å².